The zero-order valence-electron chi connectivity index (χ0n) is 10.5. The Labute approximate surface area is 106 Å². The Kier molecular flexibility index (Phi) is 4.85. The van der Waals surface area contributed by atoms with E-state index in [1.54, 1.807) is 24.3 Å². The molecule has 0 heterocycles. The summed E-state index contributed by atoms with van der Waals surface area (Å²) in [4.78, 5) is 22.5. The molecule has 0 saturated carbocycles. The minimum absolute atomic E-state index is 0.0247. The molecular weight excluding hydrogens is 232 g/mol. The van der Waals surface area contributed by atoms with Gasteiger partial charge in [-0.05, 0) is 17.5 Å². The number of hydrogen-bond acceptors (Lipinski definition) is 3. The van der Waals surface area contributed by atoms with Gasteiger partial charge in [-0.2, -0.15) is 0 Å². The molecule has 1 rings (SSSR count). The van der Waals surface area contributed by atoms with E-state index in [2.05, 4.69) is 5.32 Å². The van der Waals surface area contributed by atoms with E-state index in [9.17, 15) is 9.59 Å². The van der Waals surface area contributed by atoms with Gasteiger partial charge in [0.15, 0.2) is 0 Å². The number of benzene rings is 1. The first kappa shape index (κ1) is 14.2. The molecule has 0 aromatic heterocycles. The molecule has 0 spiro atoms. The van der Waals surface area contributed by atoms with Crippen molar-refractivity contribution in [3.05, 3.63) is 29.8 Å². The van der Waals surface area contributed by atoms with Crippen molar-refractivity contribution in [2.75, 3.05) is 5.32 Å². The molecule has 5 nitrogen and oxygen atoms in total. The average Bonchev–Trinajstić information content (AvgIpc) is 2.29. The number of amides is 1. The molecule has 4 N–H and O–H groups in total. The van der Waals surface area contributed by atoms with Crippen molar-refractivity contribution in [3.63, 3.8) is 0 Å². The predicted molar refractivity (Wildman–Crippen MR) is 69.2 cm³/mol. The van der Waals surface area contributed by atoms with Crippen molar-refractivity contribution in [3.8, 4) is 0 Å². The van der Waals surface area contributed by atoms with E-state index < -0.39 is 12.0 Å². The first-order valence-corrected chi connectivity index (χ1v) is 5.78. The van der Waals surface area contributed by atoms with E-state index in [1.807, 2.05) is 13.8 Å². The smallest absolute Gasteiger partial charge is 0.307 e. The minimum Gasteiger partial charge on any atom is -0.481 e. The molecule has 1 aromatic carbocycles. The van der Waals surface area contributed by atoms with Crippen LogP contribution < -0.4 is 11.1 Å². The van der Waals surface area contributed by atoms with Crippen LogP contribution in [0.5, 0.6) is 0 Å². The summed E-state index contributed by atoms with van der Waals surface area (Å²) in [6.45, 7) is 3.71. The van der Waals surface area contributed by atoms with Crippen LogP contribution >= 0.6 is 0 Å². The van der Waals surface area contributed by atoms with Crippen LogP contribution in [0.4, 0.5) is 5.69 Å². The highest BCUT2D eigenvalue weighted by Crippen LogP contribution is 2.16. The molecule has 0 radical (unpaired) electrons. The Bertz CT molecular complexity index is 444. The maximum atomic E-state index is 11.8. The van der Waals surface area contributed by atoms with Crippen LogP contribution in [-0.4, -0.2) is 23.0 Å². The highest BCUT2D eigenvalue weighted by atomic mass is 16.4. The van der Waals surface area contributed by atoms with Crippen molar-refractivity contribution in [1.29, 1.82) is 0 Å². The standard InChI is InChI=1S/C13H18N2O3/c1-8(2)12(14)13(18)15-10-6-4-3-5-9(10)7-11(16)17/h3-6,8,12H,7,14H2,1-2H3,(H,15,18)(H,16,17). The zero-order valence-corrected chi connectivity index (χ0v) is 10.5. The number of aliphatic carboxylic acids is 1. The lowest BCUT2D eigenvalue weighted by molar-refractivity contribution is -0.136. The Balaban J connectivity index is 2.84. The molecule has 0 aliphatic carbocycles. The molecule has 1 atom stereocenters. The fourth-order valence-electron chi connectivity index (χ4n) is 1.48. The number of anilines is 1. The second-order valence-electron chi connectivity index (χ2n) is 4.49. The largest absolute Gasteiger partial charge is 0.481 e. The van der Waals surface area contributed by atoms with Gasteiger partial charge in [-0.3, -0.25) is 9.59 Å². The summed E-state index contributed by atoms with van der Waals surface area (Å²) in [7, 11) is 0. The molecule has 1 amide bonds. The number of rotatable bonds is 5. The van der Waals surface area contributed by atoms with Gasteiger partial charge in [0, 0.05) is 5.69 Å². The number of carboxylic acid groups (broad SMARTS) is 1. The quantitative estimate of drug-likeness (QED) is 0.733. The Morgan fingerprint density at radius 2 is 1.94 bits per heavy atom. The number of para-hydroxylation sites is 1. The molecule has 0 saturated heterocycles. The summed E-state index contributed by atoms with van der Waals surface area (Å²) in [5, 5.41) is 11.5. The maximum Gasteiger partial charge on any atom is 0.307 e. The van der Waals surface area contributed by atoms with Gasteiger partial charge in [0.25, 0.3) is 0 Å². The molecular formula is C13H18N2O3. The fourth-order valence-corrected chi connectivity index (χ4v) is 1.48. The Hall–Kier alpha value is -1.88. The van der Waals surface area contributed by atoms with Crippen molar-refractivity contribution in [2.45, 2.75) is 26.3 Å². The van der Waals surface area contributed by atoms with Crippen LogP contribution in [0, 0.1) is 5.92 Å². The topological polar surface area (TPSA) is 92.4 Å². The second-order valence-corrected chi connectivity index (χ2v) is 4.49. The van der Waals surface area contributed by atoms with E-state index in [0.29, 0.717) is 11.3 Å². The Morgan fingerprint density at radius 1 is 1.33 bits per heavy atom. The van der Waals surface area contributed by atoms with Crippen LogP contribution in [0.15, 0.2) is 24.3 Å². The third kappa shape index (κ3) is 3.85. The first-order chi connectivity index (χ1) is 8.41. The third-order valence-corrected chi connectivity index (χ3v) is 2.64. The summed E-state index contributed by atoms with van der Waals surface area (Å²) < 4.78 is 0. The number of nitrogens with two attached hydrogens (primary N) is 1. The van der Waals surface area contributed by atoms with Gasteiger partial charge in [-0.25, -0.2) is 0 Å². The van der Waals surface area contributed by atoms with Crippen molar-refractivity contribution in [1.82, 2.24) is 0 Å². The average molecular weight is 250 g/mol. The van der Waals surface area contributed by atoms with Crippen molar-refractivity contribution in [2.24, 2.45) is 11.7 Å². The van der Waals surface area contributed by atoms with Crippen LogP contribution in [0.1, 0.15) is 19.4 Å². The zero-order chi connectivity index (χ0) is 13.7. The molecule has 5 heteroatoms. The molecule has 1 unspecified atom stereocenters. The predicted octanol–water partition coefficient (Wildman–Crippen LogP) is 1.24. The maximum absolute atomic E-state index is 11.8. The minimum atomic E-state index is -0.940. The summed E-state index contributed by atoms with van der Waals surface area (Å²) in [6, 6.07) is 6.20. The van der Waals surface area contributed by atoms with E-state index in [0.717, 1.165) is 0 Å². The summed E-state index contributed by atoms with van der Waals surface area (Å²) in [6.07, 6.45) is -0.132. The first-order valence-electron chi connectivity index (χ1n) is 5.78. The molecule has 18 heavy (non-hydrogen) atoms. The van der Waals surface area contributed by atoms with Crippen molar-refractivity contribution >= 4 is 17.6 Å². The molecule has 0 fully saturated rings. The number of carbonyl (C=O) groups excluding carboxylic acids is 1. The molecule has 0 aliphatic heterocycles. The normalized spacial score (nSPS) is 12.2. The van der Waals surface area contributed by atoms with Gasteiger partial charge in [0.05, 0.1) is 12.5 Å². The SMILES string of the molecule is CC(C)C(N)C(=O)Nc1ccccc1CC(=O)O. The molecule has 0 aliphatic rings. The molecule has 1 aromatic rings. The van der Waals surface area contributed by atoms with E-state index in [4.69, 9.17) is 10.8 Å². The van der Waals surface area contributed by atoms with Gasteiger partial charge in [-0.15, -0.1) is 0 Å². The highest BCUT2D eigenvalue weighted by molar-refractivity contribution is 5.96. The van der Waals surface area contributed by atoms with Crippen LogP contribution in [0.25, 0.3) is 0 Å². The van der Waals surface area contributed by atoms with Gasteiger partial charge in [-0.1, -0.05) is 32.0 Å². The van der Waals surface area contributed by atoms with Gasteiger partial charge < -0.3 is 16.2 Å². The van der Waals surface area contributed by atoms with E-state index >= 15 is 0 Å². The van der Waals surface area contributed by atoms with Gasteiger partial charge in [0.1, 0.15) is 0 Å². The summed E-state index contributed by atoms with van der Waals surface area (Å²) in [5.41, 5.74) is 6.80. The lowest BCUT2D eigenvalue weighted by Gasteiger charge is -2.16. The lowest BCUT2D eigenvalue weighted by Crippen LogP contribution is -2.39. The number of carbonyl (C=O) groups is 2. The fraction of sp³-hybridized carbons (Fsp3) is 0.385. The van der Waals surface area contributed by atoms with Crippen molar-refractivity contribution < 1.29 is 14.7 Å². The second kappa shape index (κ2) is 6.16. The van der Waals surface area contributed by atoms with Crippen LogP contribution in [0.3, 0.4) is 0 Å². The summed E-state index contributed by atoms with van der Waals surface area (Å²) >= 11 is 0. The summed E-state index contributed by atoms with van der Waals surface area (Å²) in [5.74, 6) is -1.22. The number of hydrogen-bond donors (Lipinski definition) is 3. The number of carboxylic acids is 1. The van der Waals surface area contributed by atoms with Crippen LogP contribution in [0.2, 0.25) is 0 Å². The van der Waals surface area contributed by atoms with E-state index in [1.165, 1.54) is 0 Å². The third-order valence-electron chi connectivity index (χ3n) is 2.64. The van der Waals surface area contributed by atoms with Gasteiger partial charge >= 0.3 is 5.97 Å². The Morgan fingerprint density at radius 3 is 2.50 bits per heavy atom. The monoisotopic (exact) mass is 250 g/mol. The lowest BCUT2D eigenvalue weighted by atomic mass is 10.0. The van der Waals surface area contributed by atoms with Crippen LogP contribution in [-0.2, 0) is 16.0 Å². The molecule has 0 bridgehead atoms. The van der Waals surface area contributed by atoms with Gasteiger partial charge in [0.2, 0.25) is 5.91 Å². The van der Waals surface area contributed by atoms with E-state index in [-0.39, 0.29) is 18.2 Å². The number of nitrogens with one attached hydrogen (secondary N) is 1. The highest BCUT2D eigenvalue weighted by Gasteiger charge is 2.18. The molecule has 98 valence electrons.